The van der Waals surface area contributed by atoms with Gasteiger partial charge in [-0.2, -0.15) is 9.61 Å². The summed E-state index contributed by atoms with van der Waals surface area (Å²) in [5, 5.41) is 14.3. The van der Waals surface area contributed by atoms with Crippen LogP contribution in [0.2, 0.25) is 0 Å². The average molecular weight is 410 g/mol. The fourth-order valence-corrected chi connectivity index (χ4v) is 3.39. The highest BCUT2D eigenvalue weighted by Crippen LogP contribution is 2.33. The van der Waals surface area contributed by atoms with Crippen LogP contribution in [-0.4, -0.2) is 43.7 Å². The number of nitrogens with one attached hydrogen (secondary N) is 1. The molecule has 30 heavy (non-hydrogen) atoms. The number of fused-ring (bicyclic) bond motifs is 1. The third-order valence-electron chi connectivity index (χ3n) is 4.83. The van der Waals surface area contributed by atoms with Crippen LogP contribution in [-0.2, 0) is 19.1 Å². The molecule has 0 radical (unpaired) electrons. The highest BCUT2D eigenvalue weighted by Gasteiger charge is 2.43. The summed E-state index contributed by atoms with van der Waals surface area (Å²) in [7, 11) is 0. The predicted octanol–water partition coefficient (Wildman–Crippen LogP) is 2.75. The van der Waals surface area contributed by atoms with E-state index >= 15 is 0 Å². The van der Waals surface area contributed by atoms with Gasteiger partial charge in [0.1, 0.15) is 5.82 Å². The van der Waals surface area contributed by atoms with E-state index in [2.05, 4.69) is 15.4 Å². The molecule has 1 unspecified atom stereocenters. The molecule has 4 rings (SSSR count). The maximum Gasteiger partial charge on any atom is 0.307 e. The van der Waals surface area contributed by atoms with E-state index in [1.165, 1.54) is 0 Å². The summed E-state index contributed by atoms with van der Waals surface area (Å²) >= 11 is 0. The number of nitrogens with zero attached hydrogens (tertiary/aromatic N) is 3. The number of carbonyl (C=O) groups is 3. The number of carboxylic acid groups (broad SMARTS) is 1. The molecule has 0 saturated carbocycles. The zero-order valence-corrected chi connectivity index (χ0v) is 16.9. The van der Waals surface area contributed by atoms with Gasteiger partial charge in [-0.3, -0.25) is 14.4 Å². The Hall–Kier alpha value is -3.75. The molecule has 0 aliphatic carbocycles. The van der Waals surface area contributed by atoms with Crippen LogP contribution in [0, 0.1) is 13.8 Å². The number of hydrogen-bond acceptors (Lipinski definition) is 6. The molecule has 3 heterocycles. The Labute approximate surface area is 172 Å². The number of carbonyl (C=O) groups excluding carboxylic acids is 2. The normalized spacial score (nSPS) is 17.8. The van der Waals surface area contributed by atoms with Crippen molar-refractivity contribution in [3.05, 3.63) is 47.8 Å². The van der Waals surface area contributed by atoms with Crippen molar-refractivity contribution in [3.8, 4) is 11.1 Å². The third kappa shape index (κ3) is 4.00. The summed E-state index contributed by atoms with van der Waals surface area (Å²) in [6, 6.07) is 11.6. The zero-order chi connectivity index (χ0) is 21.9. The molecule has 1 aliphatic rings. The van der Waals surface area contributed by atoms with Gasteiger partial charge in [0.05, 0.1) is 11.4 Å². The van der Waals surface area contributed by atoms with Gasteiger partial charge in [0.2, 0.25) is 0 Å². The first-order chi connectivity index (χ1) is 14.3. The quantitative estimate of drug-likeness (QED) is 0.503. The molecule has 156 valence electrons. The van der Waals surface area contributed by atoms with Crippen molar-refractivity contribution < 1.29 is 24.2 Å². The fourth-order valence-electron chi connectivity index (χ4n) is 3.39. The van der Waals surface area contributed by atoms with Gasteiger partial charge in [-0.05, 0) is 26.3 Å². The summed E-state index contributed by atoms with van der Waals surface area (Å²) in [4.78, 5) is 37.5. The van der Waals surface area contributed by atoms with Crippen molar-refractivity contribution in [1.82, 2.24) is 14.6 Å². The number of amides is 1. The fraction of sp³-hybridized carbons (Fsp3) is 0.286. The van der Waals surface area contributed by atoms with E-state index in [1.54, 1.807) is 11.4 Å². The Bertz CT molecular complexity index is 1110. The van der Waals surface area contributed by atoms with Crippen molar-refractivity contribution in [1.29, 1.82) is 0 Å². The molecule has 1 fully saturated rings. The Balaban J connectivity index is 0.000000806. The lowest BCUT2D eigenvalue weighted by molar-refractivity contribution is -0.154. The zero-order valence-electron chi connectivity index (χ0n) is 16.9. The van der Waals surface area contributed by atoms with E-state index < -0.39 is 5.60 Å². The minimum atomic E-state index is -1.18. The second-order valence-corrected chi connectivity index (χ2v) is 7.11. The molecule has 3 aromatic rings. The van der Waals surface area contributed by atoms with Gasteiger partial charge in [-0.25, -0.2) is 4.98 Å². The monoisotopic (exact) mass is 410 g/mol. The summed E-state index contributed by atoms with van der Waals surface area (Å²) in [6.45, 7) is 5.16. The second kappa shape index (κ2) is 8.32. The standard InChI is InChI=1S/C20H20N4O3.CH2O2/c1-12-11-15-21-13(2)17(14-7-5-4-6-8-14)18(24(15)23-12)22-19(26)20(3)10-9-16(25)27-20;2-1-3/h4-8,11H,9-10H2,1-3H3,(H,22,26);1H,(H,2,3). The topological polar surface area (TPSA) is 123 Å². The molecule has 1 aliphatic heterocycles. The maximum absolute atomic E-state index is 13.0. The van der Waals surface area contributed by atoms with E-state index in [0.717, 1.165) is 22.5 Å². The molecule has 0 spiro atoms. The molecule has 1 aromatic carbocycles. The van der Waals surface area contributed by atoms with Crippen LogP contribution in [0.1, 0.15) is 31.2 Å². The summed E-state index contributed by atoms with van der Waals surface area (Å²) in [5.74, 6) is -0.210. The van der Waals surface area contributed by atoms with Gasteiger partial charge in [0, 0.05) is 24.5 Å². The predicted molar refractivity (Wildman–Crippen MR) is 109 cm³/mol. The number of hydrogen-bond donors (Lipinski definition) is 2. The molecule has 1 amide bonds. The number of anilines is 1. The van der Waals surface area contributed by atoms with Crippen molar-refractivity contribution in [2.45, 2.75) is 39.2 Å². The number of esters is 1. The Morgan fingerprint density at radius 2 is 1.97 bits per heavy atom. The molecule has 1 saturated heterocycles. The van der Waals surface area contributed by atoms with Crippen LogP contribution < -0.4 is 5.32 Å². The number of aryl methyl sites for hydroxylation is 2. The third-order valence-corrected chi connectivity index (χ3v) is 4.83. The van der Waals surface area contributed by atoms with E-state index in [4.69, 9.17) is 14.6 Å². The van der Waals surface area contributed by atoms with Crippen LogP contribution in [0.3, 0.4) is 0 Å². The Morgan fingerprint density at radius 1 is 1.30 bits per heavy atom. The van der Waals surface area contributed by atoms with Crippen molar-refractivity contribution in [2.24, 2.45) is 0 Å². The summed E-state index contributed by atoms with van der Waals surface area (Å²) < 4.78 is 6.91. The molecule has 1 atom stereocenters. The van der Waals surface area contributed by atoms with Crippen molar-refractivity contribution in [3.63, 3.8) is 0 Å². The van der Waals surface area contributed by atoms with Crippen LogP contribution in [0.4, 0.5) is 5.82 Å². The van der Waals surface area contributed by atoms with Gasteiger partial charge in [0.15, 0.2) is 11.2 Å². The van der Waals surface area contributed by atoms with Gasteiger partial charge >= 0.3 is 5.97 Å². The van der Waals surface area contributed by atoms with Gasteiger partial charge in [-0.15, -0.1) is 0 Å². The van der Waals surface area contributed by atoms with Gasteiger partial charge < -0.3 is 15.2 Å². The Morgan fingerprint density at radius 3 is 2.57 bits per heavy atom. The van der Waals surface area contributed by atoms with E-state index in [1.807, 2.05) is 50.2 Å². The SMILES string of the molecule is Cc1cc2nc(C)c(-c3ccccc3)c(NC(=O)C3(C)CCC(=O)O3)n2n1.O=CO. The highest BCUT2D eigenvalue weighted by atomic mass is 16.6. The smallest absolute Gasteiger partial charge is 0.307 e. The number of benzene rings is 1. The minimum Gasteiger partial charge on any atom is -0.483 e. The number of aromatic nitrogens is 3. The average Bonchev–Trinajstić information content (AvgIpc) is 3.25. The van der Waals surface area contributed by atoms with E-state index in [9.17, 15) is 9.59 Å². The molecule has 2 aromatic heterocycles. The molecular weight excluding hydrogens is 388 g/mol. The first-order valence-corrected chi connectivity index (χ1v) is 9.32. The lowest BCUT2D eigenvalue weighted by atomic mass is 10.0. The number of cyclic esters (lactones) is 1. The number of rotatable bonds is 3. The second-order valence-electron chi connectivity index (χ2n) is 7.11. The molecule has 0 bridgehead atoms. The van der Waals surface area contributed by atoms with Crippen LogP contribution >= 0.6 is 0 Å². The molecule has 2 N–H and O–H groups in total. The summed E-state index contributed by atoms with van der Waals surface area (Å²) in [6.07, 6.45) is 0.588. The first kappa shape index (κ1) is 21.0. The largest absolute Gasteiger partial charge is 0.483 e. The Kier molecular flexibility index (Phi) is 5.81. The first-order valence-electron chi connectivity index (χ1n) is 9.32. The lowest BCUT2D eigenvalue weighted by Gasteiger charge is -2.23. The van der Waals surface area contributed by atoms with E-state index in [0.29, 0.717) is 17.9 Å². The highest BCUT2D eigenvalue weighted by molar-refractivity contribution is 6.02. The molecule has 9 heteroatoms. The maximum atomic E-state index is 13.0. The number of ether oxygens (including phenoxy) is 1. The van der Waals surface area contributed by atoms with E-state index in [-0.39, 0.29) is 24.8 Å². The lowest BCUT2D eigenvalue weighted by Crippen LogP contribution is -2.40. The molecule has 9 nitrogen and oxygen atoms in total. The molecular formula is C21H22N4O5. The van der Waals surface area contributed by atoms with Crippen LogP contribution in [0.25, 0.3) is 16.8 Å². The summed E-state index contributed by atoms with van der Waals surface area (Å²) in [5.41, 5.74) is 2.73. The van der Waals surface area contributed by atoms with Crippen molar-refractivity contribution >= 4 is 29.8 Å². The van der Waals surface area contributed by atoms with Gasteiger partial charge in [-0.1, -0.05) is 30.3 Å². The van der Waals surface area contributed by atoms with Gasteiger partial charge in [0.25, 0.3) is 12.4 Å². The minimum absolute atomic E-state index is 0.237. The van der Waals surface area contributed by atoms with Crippen LogP contribution in [0.5, 0.6) is 0 Å². The van der Waals surface area contributed by atoms with Crippen molar-refractivity contribution in [2.75, 3.05) is 5.32 Å². The van der Waals surface area contributed by atoms with Crippen LogP contribution in [0.15, 0.2) is 36.4 Å².